The van der Waals surface area contributed by atoms with Gasteiger partial charge < -0.3 is 9.30 Å². The summed E-state index contributed by atoms with van der Waals surface area (Å²) in [6.45, 7) is 4.10. The molecule has 33 heavy (non-hydrogen) atoms. The number of esters is 1. The third-order valence-corrected chi connectivity index (χ3v) is 5.37. The molecule has 0 spiro atoms. The lowest BCUT2D eigenvalue weighted by Crippen LogP contribution is -2.32. The number of hydrogen-bond donors (Lipinski definition) is 0. The molecule has 9 heteroatoms. The monoisotopic (exact) mass is 464 g/mol. The zero-order valence-corrected chi connectivity index (χ0v) is 18.9. The highest BCUT2D eigenvalue weighted by molar-refractivity contribution is 6.33. The van der Waals surface area contributed by atoms with Crippen molar-refractivity contribution in [3.8, 4) is 0 Å². The number of aromatic nitrogens is 3. The fourth-order valence-electron chi connectivity index (χ4n) is 3.58. The number of ether oxygens (including phenoxy) is 1. The van der Waals surface area contributed by atoms with E-state index in [1.807, 2.05) is 6.92 Å². The fourth-order valence-corrected chi connectivity index (χ4v) is 3.80. The van der Waals surface area contributed by atoms with Crippen LogP contribution >= 0.6 is 11.6 Å². The largest absolute Gasteiger partial charge is 0.462 e. The van der Waals surface area contributed by atoms with Gasteiger partial charge in [-0.1, -0.05) is 36.7 Å². The van der Waals surface area contributed by atoms with Gasteiger partial charge in [-0.15, -0.1) is 0 Å². The Kier molecular flexibility index (Phi) is 6.37. The molecule has 0 saturated carbocycles. The van der Waals surface area contributed by atoms with Crippen LogP contribution in [0.1, 0.15) is 41.0 Å². The molecular formula is C24H21ClN4O4. The second kappa shape index (κ2) is 9.38. The molecule has 1 aromatic carbocycles. The molecule has 3 aromatic heterocycles. The van der Waals surface area contributed by atoms with Gasteiger partial charge in [0, 0.05) is 12.7 Å². The SMILES string of the molecule is CCCn1c(=NC(=O)c2ccccc2Cl)c(C(=O)OCC)cc2c(=O)n3ccccc3nc21. The first-order chi connectivity index (χ1) is 16.0. The molecule has 168 valence electrons. The molecular weight excluding hydrogens is 444 g/mol. The highest BCUT2D eigenvalue weighted by atomic mass is 35.5. The molecule has 0 aliphatic rings. The van der Waals surface area contributed by atoms with E-state index in [1.165, 1.54) is 10.5 Å². The van der Waals surface area contributed by atoms with E-state index in [0.29, 0.717) is 24.3 Å². The van der Waals surface area contributed by atoms with Crippen LogP contribution in [0.25, 0.3) is 16.7 Å². The molecule has 0 aliphatic carbocycles. The Hall–Kier alpha value is -3.78. The first kappa shape index (κ1) is 22.4. The predicted molar refractivity (Wildman–Crippen MR) is 125 cm³/mol. The van der Waals surface area contributed by atoms with E-state index >= 15 is 0 Å². The summed E-state index contributed by atoms with van der Waals surface area (Å²) in [6, 6.07) is 13.1. The van der Waals surface area contributed by atoms with Gasteiger partial charge in [-0.3, -0.25) is 14.0 Å². The maximum absolute atomic E-state index is 13.2. The molecule has 0 atom stereocenters. The van der Waals surface area contributed by atoms with Gasteiger partial charge in [0.05, 0.1) is 22.6 Å². The number of rotatable bonds is 5. The van der Waals surface area contributed by atoms with Crippen LogP contribution in [0.2, 0.25) is 5.02 Å². The van der Waals surface area contributed by atoms with Crippen LogP contribution in [0.3, 0.4) is 0 Å². The Labute approximate surface area is 193 Å². The van der Waals surface area contributed by atoms with Crippen molar-refractivity contribution in [3.63, 3.8) is 0 Å². The van der Waals surface area contributed by atoms with Crippen LogP contribution in [-0.4, -0.2) is 32.4 Å². The summed E-state index contributed by atoms with van der Waals surface area (Å²) in [7, 11) is 0. The van der Waals surface area contributed by atoms with E-state index < -0.39 is 11.9 Å². The van der Waals surface area contributed by atoms with Gasteiger partial charge in [-0.25, -0.2) is 9.78 Å². The number of carbonyl (C=O) groups is 2. The van der Waals surface area contributed by atoms with Gasteiger partial charge in [-0.2, -0.15) is 4.99 Å². The Morgan fingerprint density at radius 2 is 1.85 bits per heavy atom. The fraction of sp³-hybridized carbons (Fsp3) is 0.208. The van der Waals surface area contributed by atoms with Gasteiger partial charge in [0.15, 0.2) is 5.49 Å². The van der Waals surface area contributed by atoms with Crippen molar-refractivity contribution in [3.05, 3.63) is 86.7 Å². The van der Waals surface area contributed by atoms with Gasteiger partial charge in [0.1, 0.15) is 16.9 Å². The van der Waals surface area contributed by atoms with Crippen LogP contribution in [-0.2, 0) is 11.3 Å². The average Bonchev–Trinajstić information content (AvgIpc) is 2.81. The average molecular weight is 465 g/mol. The highest BCUT2D eigenvalue weighted by Crippen LogP contribution is 2.16. The lowest BCUT2D eigenvalue weighted by Gasteiger charge is -2.14. The van der Waals surface area contributed by atoms with E-state index in [4.69, 9.17) is 16.3 Å². The highest BCUT2D eigenvalue weighted by Gasteiger charge is 2.20. The maximum atomic E-state index is 13.2. The quantitative estimate of drug-likeness (QED) is 0.332. The molecule has 0 aliphatic heterocycles. The molecule has 0 saturated heterocycles. The Bertz CT molecular complexity index is 1520. The minimum Gasteiger partial charge on any atom is -0.462 e. The third-order valence-electron chi connectivity index (χ3n) is 5.04. The first-order valence-electron chi connectivity index (χ1n) is 10.5. The molecule has 0 bridgehead atoms. The summed E-state index contributed by atoms with van der Waals surface area (Å²) in [5.41, 5.74) is 0.699. The first-order valence-corrected chi connectivity index (χ1v) is 10.9. The second-order valence-electron chi connectivity index (χ2n) is 7.23. The lowest BCUT2D eigenvalue weighted by atomic mass is 10.2. The molecule has 0 radical (unpaired) electrons. The molecule has 1 amide bonds. The molecule has 4 rings (SSSR count). The number of aryl methyl sites for hydroxylation is 1. The van der Waals surface area contributed by atoms with Crippen molar-refractivity contribution in [2.45, 2.75) is 26.8 Å². The summed E-state index contributed by atoms with van der Waals surface area (Å²) in [5.74, 6) is -1.31. The summed E-state index contributed by atoms with van der Waals surface area (Å²) < 4.78 is 8.23. The summed E-state index contributed by atoms with van der Waals surface area (Å²) in [6.07, 6.45) is 2.25. The van der Waals surface area contributed by atoms with E-state index in [0.717, 1.165) is 0 Å². The molecule has 3 heterocycles. The van der Waals surface area contributed by atoms with Gasteiger partial charge >= 0.3 is 5.97 Å². The standard InChI is InChI=1S/C24H21ClN4O4/c1-3-12-29-20-16(23(31)28-13-8-7-11-19(28)26-20)14-17(24(32)33-4-2)21(29)27-22(30)15-9-5-6-10-18(15)25/h5-11,13-14H,3-4,12H2,1-2H3. The second-order valence-corrected chi connectivity index (χ2v) is 7.64. The third kappa shape index (κ3) is 4.17. The van der Waals surface area contributed by atoms with Crippen molar-refractivity contribution in [1.29, 1.82) is 0 Å². The molecule has 8 nitrogen and oxygen atoms in total. The van der Waals surface area contributed by atoms with Crippen molar-refractivity contribution in [2.24, 2.45) is 4.99 Å². The number of benzene rings is 1. The number of pyridine rings is 2. The van der Waals surface area contributed by atoms with Crippen molar-refractivity contribution in [1.82, 2.24) is 14.0 Å². The van der Waals surface area contributed by atoms with Crippen LogP contribution in [0.4, 0.5) is 0 Å². The summed E-state index contributed by atoms with van der Waals surface area (Å²) in [4.78, 5) is 48.0. The number of hydrogen-bond acceptors (Lipinski definition) is 5. The van der Waals surface area contributed by atoms with E-state index in [2.05, 4.69) is 9.98 Å². The molecule has 4 aromatic rings. The Morgan fingerprint density at radius 1 is 1.09 bits per heavy atom. The number of amides is 1. The Morgan fingerprint density at radius 3 is 2.58 bits per heavy atom. The van der Waals surface area contributed by atoms with E-state index in [9.17, 15) is 14.4 Å². The zero-order valence-electron chi connectivity index (χ0n) is 18.1. The predicted octanol–water partition coefficient (Wildman–Crippen LogP) is 3.63. The Balaban J connectivity index is 2.13. The minimum absolute atomic E-state index is 0.00739. The van der Waals surface area contributed by atoms with Crippen molar-refractivity contribution >= 4 is 40.2 Å². The summed E-state index contributed by atoms with van der Waals surface area (Å²) in [5, 5.41) is 0.466. The van der Waals surface area contributed by atoms with Gasteiger partial charge in [0.2, 0.25) is 0 Å². The van der Waals surface area contributed by atoms with Crippen molar-refractivity contribution in [2.75, 3.05) is 6.61 Å². The van der Waals surface area contributed by atoms with Gasteiger partial charge in [0.25, 0.3) is 11.5 Å². The topological polar surface area (TPSA) is 95.0 Å². The summed E-state index contributed by atoms with van der Waals surface area (Å²) >= 11 is 6.18. The normalized spacial score (nSPS) is 11.8. The van der Waals surface area contributed by atoms with Crippen LogP contribution in [0, 0.1) is 0 Å². The van der Waals surface area contributed by atoms with E-state index in [1.54, 1.807) is 60.2 Å². The van der Waals surface area contributed by atoms with Crippen molar-refractivity contribution < 1.29 is 14.3 Å². The molecule has 0 N–H and O–H groups in total. The van der Waals surface area contributed by atoms with Gasteiger partial charge in [-0.05, 0) is 43.7 Å². The lowest BCUT2D eigenvalue weighted by molar-refractivity contribution is 0.0523. The van der Waals surface area contributed by atoms with Crippen LogP contribution < -0.4 is 11.0 Å². The number of fused-ring (bicyclic) bond motifs is 2. The van der Waals surface area contributed by atoms with Crippen LogP contribution in [0.15, 0.2) is 64.5 Å². The number of nitrogens with zero attached hydrogens (tertiary/aromatic N) is 4. The zero-order chi connectivity index (χ0) is 23.5. The molecule has 0 fully saturated rings. The number of halogens is 1. The smallest absolute Gasteiger partial charge is 0.341 e. The van der Waals surface area contributed by atoms with E-state index in [-0.39, 0.29) is 39.2 Å². The number of carbonyl (C=O) groups excluding carboxylic acids is 2. The van der Waals surface area contributed by atoms with Crippen LogP contribution in [0.5, 0.6) is 0 Å². The molecule has 0 unspecified atom stereocenters. The maximum Gasteiger partial charge on any atom is 0.341 e. The minimum atomic E-state index is -0.687.